The number of aromatic nitrogens is 1. The minimum Gasteiger partial charge on any atom is -0.485 e. The molecule has 1 aromatic carbocycles. The summed E-state index contributed by atoms with van der Waals surface area (Å²) in [6.07, 6.45) is -4.42. The van der Waals surface area contributed by atoms with Gasteiger partial charge in [-0.1, -0.05) is 0 Å². The topological polar surface area (TPSA) is 59.2 Å². The van der Waals surface area contributed by atoms with E-state index < -0.39 is 11.7 Å². The Hall–Kier alpha value is -2.57. The molecule has 0 fully saturated rings. The van der Waals surface area contributed by atoms with Crippen LogP contribution < -0.4 is 4.74 Å². The molecule has 2 rings (SSSR count). The number of carbonyl (C=O) groups excluding carboxylic acids is 2. The predicted molar refractivity (Wildman–Crippen MR) is 81.5 cm³/mol. The van der Waals surface area contributed by atoms with Crippen LogP contribution in [0.2, 0.25) is 0 Å². The van der Waals surface area contributed by atoms with Crippen molar-refractivity contribution in [3.8, 4) is 5.75 Å². The average molecular weight is 339 g/mol. The molecule has 0 aliphatic carbocycles. The minimum absolute atomic E-state index is 0.149. The summed E-state index contributed by atoms with van der Waals surface area (Å²) in [5.41, 5.74) is 1.08. The molecule has 0 aliphatic rings. The van der Waals surface area contributed by atoms with Crippen molar-refractivity contribution >= 4 is 11.6 Å². The van der Waals surface area contributed by atoms with Gasteiger partial charge in [-0.3, -0.25) is 9.59 Å². The number of carbonyl (C=O) groups is 2. The van der Waals surface area contributed by atoms with Crippen molar-refractivity contribution in [2.24, 2.45) is 0 Å². The summed E-state index contributed by atoms with van der Waals surface area (Å²) >= 11 is 0. The molecule has 0 aliphatic heterocycles. The summed E-state index contributed by atoms with van der Waals surface area (Å²) in [5.74, 6) is -0.379. The Labute approximate surface area is 136 Å². The summed E-state index contributed by atoms with van der Waals surface area (Å²) in [5, 5.41) is 0. The maximum atomic E-state index is 12.5. The fourth-order valence-electron chi connectivity index (χ4n) is 2.52. The Kier molecular flexibility index (Phi) is 4.82. The van der Waals surface area contributed by atoms with Crippen molar-refractivity contribution in [1.82, 2.24) is 4.98 Å². The molecule has 0 amide bonds. The van der Waals surface area contributed by atoms with Gasteiger partial charge in [0, 0.05) is 11.3 Å². The van der Waals surface area contributed by atoms with Crippen molar-refractivity contribution in [2.75, 3.05) is 6.61 Å². The van der Waals surface area contributed by atoms with Crippen LogP contribution in [0.1, 0.15) is 44.6 Å². The molecule has 0 saturated carbocycles. The number of aryl methyl sites for hydroxylation is 1. The molecule has 4 nitrogen and oxygen atoms in total. The number of rotatable bonds is 5. The second kappa shape index (κ2) is 6.51. The molecular weight excluding hydrogens is 323 g/mol. The predicted octanol–water partition coefficient (Wildman–Crippen LogP) is 4.11. The second-order valence-corrected chi connectivity index (χ2v) is 5.42. The van der Waals surface area contributed by atoms with Crippen molar-refractivity contribution in [3.05, 3.63) is 52.3 Å². The van der Waals surface area contributed by atoms with Crippen LogP contribution in [-0.4, -0.2) is 23.2 Å². The lowest BCUT2D eigenvalue weighted by Crippen LogP contribution is -2.13. The molecule has 7 heteroatoms. The van der Waals surface area contributed by atoms with Gasteiger partial charge in [0.05, 0.1) is 11.3 Å². The summed E-state index contributed by atoms with van der Waals surface area (Å²) in [4.78, 5) is 26.6. The molecule has 0 atom stereocenters. The summed E-state index contributed by atoms with van der Waals surface area (Å²) in [6, 6.07) is 4.09. The molecule has 0 spiro atoms. The molecule has 1 aromatic heterocycles. The van der Waals surface area contributed by atoms with Crippen LogP contribution in [0.3, 0.4) is 0 Å². The number of nitrogens with one attached hydrogen (secondary N) is 1. The van der Waals surface area contributed by atoms with E-state index in [2.05, 4.69) is 4.98 Å². The highest BCUT2D eigenvalue weighted by Gasteiger charge is 2.30. The Morgan fingerprint density at radius 3 is 2.17 bits per heavy atom. The highest BCUT2D eigenvalue weighted by atomic mass is 19.4. The maximum absolute atomic E-state index is 12.5. The average Bonchev–Trinajstić information content (AvgIpc) is 2.79. The Morgan fingerprint density at radius 1 is 1.12 bits per heavy atom. The van der Waals surface area contributed by atoms with E-state index in [9.17, 15) is 22.8 Å². The summed E-state index contributed by atoms with van der Waals surface area (Å²) in [6.45, 7) is 4.42. The third-order valence-electron chi connectivity index (χ3n) is 3.62. The number of hydrogen-bond donors (Lipinski definition) is 1. The Balaban J connectivity index is 2.09. The van der Waals surface area contributed by atoms with Gasteiger partial charge < -0.3 is 9.72 Å². The van der Waals surface area contributed by atoms with E-state index in [-0.39, 0.29) is 29.6 Å². The van der Waals surface area contributed by atoms with Crippen LogP contribution >= 0.6 is 0 Å². The Bertz CT molecular complexity index is 774. The SMILES string of the molecule is CC(=O)c1c(C)[nH]c(C(=O)COc2ccc(C(F)(F)F)cc2)c1C. The van der Waals surface area contributed by atoms with Gasteiger partial charge in [0.25, 0.3) is 0 Å². The second-order valence-electron chi connectivity index (χ2n) is 5.42. The van der Waals surface area contributed by atoms with Crippen molar-refractivity contribution in [2.45, 2.75) is 26.9 Å². The molecule has 1 N–H and O–H groups in total. The Morgan fingerprint density at radius 2 is 1.71 bits per heavy atom. The van der Waals surface area contributed by atoms with Gasteiger partial charge in [-0.15, -0.1) is 0 Å². The van der Waals surface area contributed by atoms with E-state index in [4.69, 9.17) is 4.74 Å². The monoisotopic (exact) mass is 339 g/mol. The first-order valence-electron chi connectivity index (χ1n) is 7.14. The van der Waals surface area contributed by atoms with Gasteiger partial charge in [0.2, 0.25) is 5.78 Å². The van der Waals surface area contributed by atoms with Gasteiger partial charge >= 0.3 is 6.18 Å². The van der Waals surface area contributed by atoms with Crippen molar-refractivity contribution < 1.29 is 27.5 Å². The minimum atomic E-state index is -4.42. The molecule has 128 valence electrons. The summed E-state index contributed by atoms with van der Waals surface area (Å²) in [7, 11) is 0. The number of aromatic amines is 1. The van der Waals surface area contributed by atoms with E-state index in [0.29, 0.717) is 16.8 Å². The fraction of sp³-hybridized carbons (Fsp3) is 0.294. The van der Waals surface area contributed by atoms with E-state index in [1.165, 1.54) is 6.92 Å². The van der Waals surface area contributed by atoms with Crippen LogP contribution in [0.25, 0.3) is 0 Å². The summed E-state index contributed by atoms with van der Waals surface area (Å²) < 4.78 is 42.7. The first-order valence-corrected chi connectivity index (χ1v) is 7.14. The number of hydrogen-bond acceptors (Lipinski definition) is 3. The molecule has 0 unspecified atom stereocenters. The van der Waals surface area contributed by atoms with Gasteiger partial charge in [0.1, 0.15) is 5.75 Å². The van der Waals surface area contributed by atoms with Gasteiger partial charge in [-0.05, 0) is 50.6 Å². The number of alkyl halides is 3. The molecule has 24 heavy (non-hydrogen) atoms. The molecule has 0 bridgehead atoms. The lowest BCUT2D eigenvalue weighted by molar-refractivity contribution is -0.137. The first-order chi connectivity index (χ1) is 11.1. The number of ether oxygens (including phenoxy) is 1. The maximum Gasteiger partial charge on any atom is 0.416 e. The van der Waals surface area contributed by atoms with Crippen molar-refractivity contribution in [3.63, 3.8) is 0 Å². The van der Waals surface area contributed by atoms with Gasteiger partial charge in [-0.2, -0.15) is 13.2 Å². The smallest absolute Gasteiger partial charge is 0.416 e. The van der Waals surface area contributed by atoms with Crippen LogP contribution in [0, 0.1) is 13.8 Å². The number of benzene rings is 1. The zero-order chi connectivity index (χ0) is 18.1. The third kappa shape index (κ3) is 3.67. The van der Waals surface area contributed by atoms with Crippen molar-refractivity contribution in [1.29, 1.82) is 0 Å². The van der Waals surface area contributed by atoms with Crippen LogP contribution in [0.5, 0.6) is 5.75 Å². The molecule has 2 aromatic rings. The fourth-order valence-corrected chi connectivity index (χ4v) is 2.52. The number of ketones is 2. The van der Waals surface area contributed by atoms with Crippen LogP contribution in [0.4, 0.5) is 13.2 Å². The molecular formula is C17H16F3NO3. The van der Waals surface area contributed by atoms with E-state index in [1.54, 1.807) is 13.8 Å². The van der Waals surface area contributed by atoms with Crippen LogP contribution in [0.15, 0.2) is 24.3 Å². The lowest BCUT2D eigenvalue weighted by Gasteiger charge is -2.09. The lowest BCUT2D eigenvalue weighted by atomic mass is 10.1. The van der Waals surface area contributed by atoms with Crippen LogP contribution in [-0.2, 0) is 6.18 Å². The normalized spacial score (nSPS) is 11.4. The highest BCUT2D eigenvalue weighted by Crippen LogP contribution is 2.30. The zero-order valence-electron chi connectivity index (χ0n) is 13.4. The number of Topliss-reactive ketones (excluding diaryl/α,β-unsaturated/α-hetero) is 2. The first kappa shape index (κ1) is 17.8. The molecule has 0 radical (unpaired) electrons. The van der Waals surface area contributed by atoms with E-state index in [1.807, 2.05) is 0 Å². The van der Waals surface area contributed by atoms with Gasteiger partial charge in [0.15, 0.2) is 12.4 Å². The van der Waals surface area contributed by atoms with Gasteiger partial charge in [-0.25, -0.2) is 0 Å². The quantitative estimate of drug-likeness (QED) is 0.834. The highest BCUT2D eigenvalue weighted by molar-refractivity contribution is 6.03. The standard InChI is InChI=1S/C17H16F3NO3/c1-9-15(11(3)22)10(2)21-16(9)14(23)8-24-13-6-4-12(5-7-13)17(18,19)20/h4-7,21H,8H2,1-3H3. The number of halogens is 3. The largest absolute Gasteiger partial charge is 0.485 e. The molecule has 1 heterocycles. The molecule has 0 saturated heterocycles. The van der Waals surface area contributed by atoms with E-state index >= 15 is 0 Å². The van der Waals surface area contributed by atoms with E-state index in [0.717, 1.165) is 24.3 Å². The number of H-pyrrole nitrogens is 1. The third-order valence-corrected chi connectivity index (χ3v) is 3.62. The zero-order valence-corrected chi connectivity index (χ0v) is 13.4.